The average molecular weight is 292 g/mol. The van der Waals surface area contributed by atoms with Gasteiger partial charge in [0.05, 0.1) is 18.8 Å². The van der Waals surface area contributed by atoms with Crippen molar-refractivity contribution in [2.45, 2.75) is 31.6 Å². The summed E-state index contributed by atoms with van der Waals surface area (Å²) in [5, 5.41) is 13.1. The molecule has 1 aliphatic rings. The van der Waals surface area contributed by atoms with E-state index in [-0.39, 0.29) is 11.9 Å². The van der Waals surface area contributed by atoms with Crippen molar-refractivity contribution in [3.05, 3.63) is 35.9 Å². The molecule has 0 bridgehead atoms. The first kappa shape index (κ1) is 15.9. The van der Waals surface area contributed by atoms with Crippen LogP contribution in [0.25, 0.3) is 0 Å². The minimum atomic E-state index is -0.613. The number of nitrogens with one attached hydrogen (secondary N) is 1. The van der Waals surface area contributed by atoms with Crippen LogP contribution in [0, 0.1) is 0 Å². The predicted octanol–water partition coefficient (Wildman–Crippen LogP) is 0.425. The maximum absolute atomic E-state index is 12.1. The first-order chi connectivity index (χ1) is 10.1. The second-order valence-electron chi connectivity index (χ2n) is 5.68. The summed E-state index contributed by atoms with van der Waals surface area (Å²) < 4.78 is 5.47. The zero-order valence-corrected chi connectivity index (χ0v) is 12.7. The molecular formula is C16H24N2O3. The van der Waals surface area contributed by atoms with Crippen molar-refractivity contribution in [2.24, 2.45) is 0 Å². The molecule has 5 heteroatoms. The Bertz CT molecular complexity index is 452. The highest BCUT2D eigenvalue weighted by Crippen LogP contribution is 2.08. The van der Waals surface area contributed by atoms with Gasteiger partial charge in [0.15, 0.2) is 0 Å². The molecule has 21 heavy (non-hydrogen) atoms. The van der Waals surface area contributed by atoms with Crippen molar-refractivity contribution in [3.63, 3.8) is 0 Å². The van der Waals surface area contributed by atoms with Gasteiger partial charge in [-0.2, -0.15) is 0 Å². The number of aliphatic hydroxyl groups excluding tert-OH is 1. The van der Waals surface area contributed by atoms with Gasteiger partial charge in [-0.1, -0.05) is 30.3 Å². The average Bonchev–Trinajstić information content (AvgIpc) is 2.48. The van der Waals surface area contributed by atoms with Crippen molar-refractivity contribution >= 4 is 5.91 Å². The maximum atomic E-state index is 12.1. The molecule has 0 aromatic heterocycles. The van der Waals surface area contributed by atoms with Gasteiger partial charge in [0, 0.05) is 19.5 Å². The van der Waals surface area contributed by atoms with Crippen LogP contribution in [-0.4, -0.2) is 60.9 Å². The standard InChI is InChI=1S/C16H24N2O3/c1-12(14(19)10-13-6-4-3-5-7-13)17-16(20)15-11-18(2)8-9-21-15/h3-7,12,14-15,19H,8-11H2,1-2H3,(H,17,20). The van der Waals surface area contributed by atoms with Gasteiger partial charge in [-0.15, -0.1) is 0 Å². The summed E-state index contributed by atoms with van der Waals surface area (Å²) in [4.78, 5) is 14.2. The van der Waals surface area contributed by atoms with E-state index in [0.29, 0.717) is 19.6 Å². The minimum absolute atomic E-state index is 0.152. The molecule has 1 aromatic rings. The maximum Gasteiger partial charge on any atom is 0.250 e. The number of amides is 1. The Morgan fingerprint density at radius 1 is 1.48 bits per heavy atom. The smallest absolute Gasteiger partial charge is 0.250 e. The molecule has 1 heterocycles. The number of carbonyl (C=O) groups is 1. The largest absolute Gasteiger partial charge is 0.391 e. The highest BCUT2D eigenvalue weighted by atomic mass is 16.5. The summed E-state index contributed by atoms with van der Waals surface area (Å²) in [5.41, 5.74) is 1.06. The Hall–Kier alpha value is -1.43. The van der Waals surface area contributed by atoms with Crippen molar-refractivity contribution in [3.8, 4) is 0 Å². The summed E-state index contributed by atoms with van der Waals surface area (Å²) in [6.45, 7) is 3.82. The molecule has 2 N–H and O–H groups in total. The molecule has 1 saturated heterocycles. The second kappa shape index (κ2) is 7.54. The molecule has 5 nitrogen and oxygen atoms in total. The van der Waals surface area contributed by atoms with Gasteiger partial charge in [-0.05, 0) is 19.5 Å². The van der Waals surface area contributed by atoms with E-state index >= 15 is 0 Å². The van der Waals surface area contributed by atoms with E-state index in [1.165, 1.54) is 0 Å². The third-order valence-electron chi connectivity index (χ3n) is 3.80. The Labute approximate surface area is 125 Å². The lowest BCUT2D eigenvalue weighted by atomic mass is 10.0. The van der Waals surface area contributed by atoms with Crippen LogP contribution in [0.1, 0.15) is 12.5 Å². The van der Waals surface area contributed by atoms with Gasteiger partial charge >= 0.3 is 0 Å². The number of benzene rings is 1. The van der Waals surface area contributed by atoms with E-state index in [2.05, 4.69) is 10.2 Å². The lowest BCUT2D eigenvalue weighted by molar-refractivity contribution is -0.139. The van der Waals surface area contributed by atoms with Crippen molar-refractivity contribution in [1.82, 2.24) is 10.2 Å². The minimum Gasteiger partial charge on any atom is -0.391 e. The highest BCUT2D eigenvalue weighted by Gasteiger charge is 2.27. The zero-order chi connectivity index (χ0) is 15.2. The van der Waals surface area contributed by atoms with E-state index in [1.54, 1.807) is 0 Å². The molecule has 1 amide bonds. The van der Waals surface area contributed by atoms with Gasteiger partial charge in [0.2, 0.25) is 0 Å². The lowest BCUT2D eigenvalue weighted by Crippen LogP contribution is -2.52. The molecule has 0 saturated carbocycles. The van der Waals surface area contributed by atoms with E-state index in [9.17, 15) is 9.90 Å². The summed E-state index contributed by atoms with van der Waals surface area (Å²) in [6, 6.07) is 9.45. The van der Waals surface area contributed by atoms with Crippen molar-refractivity contribution in [2.75, 3.05) is 26.7 Å². The van der Waals surface area contributed by atoms with Gasteiger partial charge < -0.3 is 20.1 Å². The normalized spacial score (nSPS) is 22.5. The molecule has 2 rings (SSSR count). The number of ether oxygens (including phenoxy) is 1. The SMILES string of the molecule is CC(NC(=O)C1CN(C)CCO1)C(O)Cc1ccccc1. The zero-order valence-electron chi connectivity index (χ0n) is 12.7. The third-order valence-corrected chi connectivity index (χ3v) is 3.80. The van der Waals surface area contributed by atoms with Crippen LogP contribution >= 0.6 is 0 Å². The van der Waals surface area contributed by atoms with Crippen LogP contribution in [0.4, 0.5) is 0 Å². The number of morpholine rings is 1. The van der Waals surface area contributed by atoms with Gasteiger partial charge in [-0.3, -0.25) is 4.79 Å². The number of likely N-dealkylation sites (N-methyl/N-ethyl adjacent to an activating group) is 1. The van der Waals surface area contributed by atoms with Gasteiger partial charge in [0.1, 0.15) is 6.10 Å². The number of nitrogens with zero attached hydrogens (tertiary/aromatic N) is 1. The Kier molecular flexibility index (Phi) is 5.73. The number of aliphatic hydroxyl groups is 1. The van der Waals surface area contributed by atoms with Crippen LogP contribution in [-0.2, 0) is 16.0 Å². The van der Waals surface area contributed by atoms with E-state index in [4.69, 9.17) is 4.74 Å². The highest BCUT2D eigenvalue weighted by molar-refractivity contribution is 5.81. The summed E-state index contributed by atoms with van der Waals surface area (Å²) in [6.07, 6.45) is -0.541. The summed E-state index contributed by atoms with van der Waals surface area (Å²) in [7, 11) is 1.97. The number of rotatable bonds is 5. The monoisotopic (exact) mass is 292 g/mol. The topological polar surface area (TPSA) is 61.8 Å². The number of hydrogen-bond donors (Lipinski definition) is 2. The summed E-state index contributed by atoms with van der Waals surface area (Å²) in [5.74, 6) is -0.152. The number of hydrogen-bond acceptors (Lipinski definition) is 4. The van der Waals surface area contributed by atoms with Gasteiger partial charge in [-0.25, -0.2) is 0 Å². The van der Waals surface area contributed by atoms with Crippen LogP contribution in [0.2, 0.25) is 0 Å². The fourth-order valence-corrected chi connectivity index (χ4v) is 2.38. The molecule has 1 aromatic carbocycles. The molecule has 116 valence electrons. The molecule has 0 spiro atoms. The van der Waals surface area contributed by atoms with Crippen molar-refractivity contribution < 1.29 is 14.6 Å². The van der Waals surface area contributed by atoms with Crippen LogP contribution < -0.4 is 5.32 Å². The van der Waals surface area contributed by atoms with E-state index in [1.807, 2.05) is 44.3 Å². The molecule has 3 atom stereocenters. The fraction of sp³-hybridized carbons (Fsp3) is 0.562. The third kappa shape index (κ3) is 4.81. The first-order valence-electron chi connectivity index (χ1n) is 7.39. The number of carbonyl (C=O) groups excluding carboxylic acids is 1. The van der Waals surface area contributed by atoms with Crippen LogP contribution in [0.5, 0.6) is 0 Å². The summed E-state index contributed by atoms with van der Waals surface area (Å²) >= 11 is 0. The molecular weight excluding hydrogens is 268 g/mol. The molecule has 0 radical (unpaired) electrons. The van der Waals surface area contributed by atoms with Crippen molar-refractivity contribution in [1.29, 1.82) is 0 Å². The predicted molar refractivity (Wildman–Crippen MR) is 81.0 cm³/mol. The molecule has 0 aliphatic carbocycles. The fourth-order valence-electron chi connectivity index (χ4n) is 2.38. The Morgan fingerprint density at radius 2 is 2.19 bits per heavy atom. The molecule has 1 fully saturated rings. The first-order valence-corrected chi connectivity index (χ1v) is 7.39. The van der Waals surface area contributed by atoms with E-state index < -0.39 is 12.2 Å². The second-order valence-corrected chi connectivity index (χ2v) is 5.68. The van der Waals surface area contributed by atoms with Gasteiger partial charge in [0.25, 0.3) is 5.91 Å². The van der Waals surface area contributed by atoms with Crippen LogP contribution in [0.3, 0.4) is 0 Å². The lowest BCUT2D eigenvalue weighted by Gasteiger charge is -2.30. The van der Waals surface area contributed by atoms with E-state index in [0.717, 1.165) is 12.1 Å². The Morgan fingerprint density at radius 3 is 2.86 bits per heavy atom. The quantitative estimate of drug-likeness (QED) is 0.826. The molecule has 1 aliphatic heterocycles. The molecule has 3 unspecified atom stereocenters. The Balaban J connectivity index is 1.82. The van der Waals surface area contributed by atoms with Crippen LogP contribution in [0.15, 0.2) is 30.3 Å².